The molecule has 0 spiro atoms. The lowest BCUT2D eigenvalue weighted by Gasteiger charge is -2.15. The fraction of sp³-hybridized carbons (Fsp3) is 0.500. The van der Waals surface area contributed by atoms with Gasteiger partial charge in [0.25, 0.3) is 0 Å². The standard InChI is InChI=1S/C14H19BrN2O/c1-10-5-6-17(8-10)9-14(18)16-12-3-4-13(15)11(2)7-12/h3-4,7,10H,5-6,8-9H2,1-2H3,(H,16,18)/t10-/m1/s1. The van der Waals surface area contributed by atoms with Crippen molar-refractivity contribution in [1.82, 2.24) is 4.90 Å². The highest BCUT2D eigenvalue weighted by Crippen LogP contribution is 2.20. The molecule has 1 fully saturated rings. The van der Waals surface area contributed by atoms with Gasteiger partial charge in [-0.15, -0.1) is 0 Å². The third-order valence-electron chi connectivity index (χ3n) is 3.32. The third-order valence-corrected chi connectivity index (χ3v) is 4.21. The van der Waals surface area contributed by atoms with Crippen LogP contribution in [0.3, 0.4) is 0 Å². The largest absolute Gasteiger partial charge is 0.325 e. The molecule has 0 radical (unpaired) electrons. The summed E-state index contributed by atoms with van der Waals surface area (Å²) in [4.78, 5) is 14.1. The smallest absolute Gasteiger partial charge is 0.238 e. The van der Waals surface area contributed by atoms with Crippen LogP contribution in [0.1, 0.15) is 18.9 Å². The van der Waals surface area contributed by atoms with Crippen molar-refractivity contribution in [3.8, 4) is 0 Å². The van der Waals surface area contributed by atoms with Gasteiger partial charge < -0.3 is 5.32 Å². The topological polar surface area (TPSA) is 32.3 Å². The number of benzene rings is 1. The molecule has 1 N–H and O–H groups in total. The van der Waals surface area contributed by atoms with E-state index in [2.05, 4.69) is 33.1 Å². The quantitative estimate of drug-likeness (QED) is 0.930. The number of rotatable bonds is 3. The molecule has 2 rings (SSSR count). The molecule has 1 aromatic carbocycles. The maximum atomic E-state index is 11.9. The Morgan fingerprint density at radius 3 is 2.94 bits per heavy atom. The summed E-state index contributed by atoms with van der Waals surface area (Å²) in [5.74, 6) is 0.790. The van der Waals surface area contributed by atoms with Gasteiger partial charge in [0.15, 0.2) is 0 Å². The molecule has 0 unspecified atom stereocenters. The Kier molecular flexibility index (Phi) is 4.40. The predicted molar refractivity (Wildman–Crippen MR) is 77.7 cm³/mol. The highest BCUT2D eigenvalue weighted by Gasteiger charge is 2.20. The normalized spacial score (nSPS) is 20.1. The van der Waals surface area contributed by atoms with Crippen LogP contribution in [0.2, 0.25) is 0 Å². The number of hydrogen-bond acceptors (Lipinski definition) is 2. The van der Waals surface area contributed by atoms with E-state index in [0.717, 1.165) is 28.8 Å². The third kappa shape index (κ3) is 3.56. The molecule has 0 aliphatic carbocycles. The number of likely N-dealkylation sites (tertiary alicyclic amines) is 1. The van der Waals surface area contributed by atoms with E-state index >= 15 is 0 Å². The van der Waals surface area contributed by atoms with E-state index in [0.29, 0.717) is 12.5 Å². The Balaban J connectivity index is 1.89. The van der Waals surface area contributed by atoms with E-state index in [1.54, 1.807) is 0 Å². The lowest BCUT2D eigenvalue weighted by molar-refractivity contribution is -0.117. The SMILES string of the molecule is Cc1cc(NC(=O)CN2CC[C@@H](C)C2)ccc1Br. The van der Waals surface area contributed by atoms with Crippen molar-refractivity contribution in [1.29, 1.82) is 0 Å². The second-order valence-electron chi connectivity index (χ2n) is 5.14. The maximum absolute atomic E-state index is 11.9. The second kappa shape index (κ2) is 5.85. The average Bonchev–Trinajstić information content (AvgIpc) is 2.69. The molecule has 1 aromatic rings. The van der Waals surface area contributed by atoms with Crippen LogP contribution in [0, 0.1) is 12.8 Å². The van der Waals surface area contributed by atoms with E-state index < -0.39 is 0 Å². The number of hydrogen-bond donors (Lipinski definition) is 1. The van der Waals surface area contributed by atoms with Crippen molar-refractivity contribution in [2.24, 2.45) is 5.92 Å². The van der Waals surface area contributed by atoms with Gasteiger partial charge in [0.05, 0.1) is 6.54 Å². The van der Waals surface area contributed by atoms with Gasteiger partial charge in [0, 0.05) is 16.7 Å². The number of amides is 1. The molecule has 0 bridgehead atoms. The number of carbonyl (C=O) groups excluding carboxylic acids is 1. The Morgan fingerprint density at radius 1 is 1.56 bits per heavy atom. The second-order valence-corrected chi connectivity index (χ2v) is 6.00. The summed E-state index contributed by atoms with van der Waals surface area (Å²) in [7, 11) is 0. The van der Waals surface area contributed by atoms with E-state index in [1.165, 1.54) is 6.42 Å². The number of carbonyl (C=O) groups is 1. The Morgan fingerprint density at radius 2 is 2.33 bits per heavy atom. The van der Waals surface area contributed by atoms with Crippen molar-refractivity contribution < 1.29 is 4.79 Å². The molecule has 0 saturated carbocycles. The minimum atomic E-state index is 0.0748. The molecule has 1 aliphatic rings. The summed E-state index contributed by atoms with van der Waals surface area (Å²) in [5.41, 5.74) is 2.00. The van der Waals surface area contributed by atoms with Gasteiger partial charge in [-0.3, -0.25) is 9.69 Å². The van der Waals surface area contributed by atoms with Crippen LogP contribution in [-0.2, 0) is 4.79 Å². The van der Waals surface area contributed by atoms with Gasteiger partial charge >= 0.3 is 0 Å². The van der Waals surface area contributed by atoms with Crippen molar-refractivity contribution >= 4 is 27.5 Å². The molecule has 1 atom stereocenters. The summed E-state index contributed by atoms with van der Waals surface area (Å²) in [6.07, 6.45) is 1.20. The van der Waals surface area contributed by atoms with Gasteiger partial charge in [-0.2, -0.15) is 0 Å². The van der Waals surface area contributed by atoms with Gasteiger partial charge in [-0.1, -0.05) is 22.9 Å². The molecule has 1 heterocycles. The van der Waals surface area contributed by atoms with E-state index in [-0.39, 0.29) is 5.91 Å². The zero-order valence-electron chi connectivity index (χ0n) is 10.9. The van der Waals surface area contributed by atoms with Gasteiger partial charge in [0.2, 0.25) is 5.91 Å². The Labute approximate surface area is 117 Å². The number of nitrogens with one attached hydrogen (secondary N) is 1. The number of anilines is 1. The summed E-state index contributed by atoms with van der Waals surface area (Å²) >= 11 is 3.45. The van der Waals surface area contributed by atoms with E-state index in [9.17, 15) is 4.79 Å². The fourth-order valence-electron chi connectivity index (χ4n) is 2.30. The number of aryl methyl sites for hydroxylation is 1. The molecule has 18 heavy (non-hydrogen) atoms. The first kappa shape index (κ1) is 13.6. The molecule has 1 amide bonds. The van der Waals surface area contributed by atoms with Crippen LogP contribution in [0.4, 0.5) is 5.69 Å². The van der Waals surface area contributed by atoms with Crippen molar-refractivity contribution in [3.63, 3.8) is 0 Å². The molecule has 1 saturated heterocycles. The molecule has 4 heteroatoms. The van der Waals surface area contributed by atoms with Crippen LogP contribution >= 0.6 is 15.9 Å². The molecule has 3 nitrogen and oxygen atoms in total. The fourth-order valence-corrected chi connectivity index (χ4v) is 2.54. The number of halogens is 1. The zero-order chi connectivity index (χ0) is 13.1. The van der Waals surface area contributed by atoms with E-state index in [4.69, 9.17) is 0 Å². The monoisotopic (exact) mass is 310 g/mol. The highest BCUT2D eigenvalue weighted by atomic mass is 79.9. The van der Waals surface area contributed by atoms with Crippen LogP contribution in [-0.4, -0.2) is 30.4 Å². The molecule has 98 valence electrons. The summed E-state index contributed by atoms with van der Waals surface area (Å²) in [5, 5.41) is 2.95. The van der Waals surface area contributed by atoms with Gasteiger partial charge in [-0.05, 0) is 49.6 Å². The van der Waals surface area contributed by atoms with Crippen LogP contribution < -0.4 is 5.32 Å². The molecule has 1 aliphatic heterocycles. The van der Waals surface area contributed by atoms with Crippen molar-refractivity contribution in [2.75, 3.05) is 25.0 Å². The highest BCUT2D eigenvalue weighted by molar-refractivity contribution is 9.10. The molecule has 0 aromatic heterocycles. The van der Waals surface area contributed by atoms with Crippen molar-refractivity contribution in [3.05, 3.63) is 28.2 Å². The molecular weight excluding hydrogens is 292 g/mol. The maximum Gasteiger partial charge on any atom is 0.238 e. The van der Waals surface area contributed by atoms with Gasteiger partial charge in [0.1, 0.15) is 0 Å². The summed E-state index contributed by atoms with van der Waals surface area (Å²) < 4.78 is 1.06. The minimum absolute atomic E-state index is 0.0748. The van der Waals surface area contributed by atoms with E-state index in [1.807, 2.05) is 25.1 Å². The summed E-state index contributed by atoms with van der Waals surface area (Å²) in [6, 6.07) is 5.86. The lowest BCUT2D eigenvalue weighted by atomic mass is 10.2. The first-order chi connectivity index (χ1) is 8.54. The molecular formula is C14H19BrN2O. The van der Waals surface area contributed by atoms with Gasteiger partial charge in [-0.25, -0.2) is 0 Å². The first-order valence-electron chi connectivity index (χ1n) is 6.33. The predicted octanol–water partition coefficient (Wildman–Crippen LogP) is 3.04. The van der Waals surface area contributed by atoms with Crippen LogP contribution in [0.15, 0.2) is 22.7 Å². The summed E-state index contributed by atoms with van der Waals surface area (Å²) in [6.45, 7) is 6.82. The van der Waals surface area contributed by atoms with Crippen LogP contribution in [0.5, 0.6) is 0 Å². The van der Waals surface area contributed by atoms with Crippen molar-refractivity contribution in [2.45, 2.75) is 20.3 Å². The lowest BCUT2D eigenvalue weighted by Crippen LogP contribution is -2.31. The number of nitrogens with zero attached hydrogens (tertiary/aromatic N) is 1. The first-order valence-corrected chi connectivity index (χ1v) is 7.12. The van der Waals surface area contributed by atoms with Crippen LogP contribution in [0.25, 0.3) is 0 Å². The average molecular weight is 311 g/mol. The zero-order valence-corrected chi connectivity index (χ0v) is 12.5. The Bertz CT molecular complexity index is 447. The Hall–Kier alpha value is -0.870. The minimum Gasteiger partial charge on any atom is -0.325 e.